The second kappa shape index (κ2) is 45.9. The Morgan fingerprint density at radius 2 is 0.661 bits per heavy atom. The first-order valence-corrected chi connectivity index (χ1v) is 42.2. The molecule has 658 valence electrons. The third-order valence-corrected chi connectivity index (χ3v) is 22.5. The maximum atomic E-state index is 14.6. The predicted molar refractivity (Wildman–Crippen MR) is 490 cm³/mol. The molecule has 0 saturated carbocycles. The summed E-state index contributed by atoms with van der Waals surface area (Å²) in [5.41, 5.74) is 15.1. The van der Waals surface area contributed by atoms with Crippen LogP contribution in [0.3, 0.4) is 0 Å². The van der Waals surface area contributed by atoms with Crippen molar-refractivity contribution in [1.29, 1.82) is 0 Å². The number of benzene rings is 8. The Bertz CT molecular complexity index is 5640. The largest absolute Gasteiger partial charge is 0.496 e. The number of halogens is 9. The number of nitrogens with zero attached hydrogens (tertiary/aromatic N) is 8. The zero-order valence-corrected chi connectivity index (χ0v) is 75.0. The van der Waals surface area contributed by atoms with E-state index in [1.54, 1.807) is 145 Å². The molecule has 17 nitrogen and oxygen atoms in total. The summed E-state index contributed by atoms with van der Waals surface area (Å²) in [6, 6.07) is 54.9. The van der Waals surface area contributed by atoms with E-state index in [1.165, 1.54) is 71.3 Å². The maximum absolute atomic E-state index is 14.6. The summed E-state index contributed by atoms with van der Waals surface area (Å²) in [5.74, 6) is -4.40. The standard InChI is InChI=1S/C26H26ClFN2O2.C26H28N2O3.C25H23ClF2N2O2.C24H20ClF3N2O2/c1-5-26(32)30(4)24-12-9-20(15-23(24)28)19-8-11-21(22(27)14-19)25(31)13-10-18-7-6-16(2)29-17(18)3;1-5-26(30)28(3)22-12-8-20(9-13-22)21-10-14-23(25(17-21)31-4)24(29)15-11-19-7-6-16-27-18(19)2;1-4-25(32)30(3)22-10-6-18(14-21(22)27)17-5-9-19(20(26)13-17)23(31)11-7-16-8-12-24(28)29-15(16)2;1-3-23(32)30(2)20-9-5-16(13-19(20)26)15-4-8-17(18(25)12-15)21(31)10-6-14-7-11-22(27)29-24(14)28/h6-9,11-12,14-15H,5,10,13H2,1-4H3;6-10,12-14,16-17H,5,11,15H2,1-4H3;5-6,8-10,12-14H,4,7,11H2,1-3H3;4-5,7-9,11-13H,3,6,10H2,1-2H3. The summed E-state index contributed by atoms with van der Waals surface area (Å²) in [6.07, 6.45) is 5.65. The van der Waals surface area contributed by atoms with E-state index in [1.807, 2.05) is 94.4 Å². The van der Waals surface area contributed by atoms with Crippen LogP contribution in [-0.4, -0.2) is 102 Å². The SMILES string of the molecule is CCC(=O)N(C)c1ccc(-c2ccc(C(=O)CCc3ccc(C)nc3C)c(Cl)c2)cc1F.CCC(=O)N(C)c1ccc(-c2ccc(C(=O)CCc3ccc(F)nc3C)c(Cl)c2)cc1F.CCC(=O)N(C)c1ccc(-c2ccc(C(=O)CCc3ccc(F)nc3F)c(Cl)c2)cc1F.CCC(=O)N(C)c1ccc(-c2ccc(C(=O)CCc3cccnc3C)c(OC)c2)cc1. The smallest absolute Gasteiger partial charge is 0.226 e. The van der Waals surface area contributed by atoms with E-state index < -0.39 is 35.3 Å². The highest BCUT2D eigenvalue weighted by Crippen LogP contribution is 2.36. The van der Waals surface area contributed by atoms with E-state index in [-0.39, 0.29) is 117 Å². The van der Waals surface area contributed by atoms with Crippen molar-refractivity contribution in [3.8, 4) is 50.3 Å². The highest BCUT2D eigenvalue weighted by Gasteiger charge is 2.24. The van der Waals surface area contributed by atoms with Crippen molar-refractivity contribution in [2.45, 2.75) is 132 Å². The molecule has 4 amide bonds. The van der Waals surface area contributed by atoms with Crippen LogP contribution in [-0.2, 0) is 44.9 Å². The quantitative estimate of drug-likeness (QED) is 0.0243. The van der Waals surface area contributed by atoms with Gasteiger partial charge in [0.15, 0.2) is 23.1 Å². The summed E-state index contributed by atoms with van der Waals surface area (Å²) < 4.78 is 89.0. The van der Waals surface area contributed by atoms with Crippen molar-refractivity contribution in [3.63, 3.8) is 0 Å². The highest BCUT2D eigenvalue weighted by molar-refractivity contribution is 6.35. The van der Waals surface area contributed by atoms with Crippen LogP contribution in [0.15, 0.2) is 206 Å². The second-order valence-electron chi connectivity index (χ2n) is 29.9. The lowest BCUT2D eigenvalue weighted by atomic mass is 9.98. The molecule has 0 aliphatic heterocycles. The van der Waals surface area contributed by atoms with E-state index in [0.717, 1.165) is 56.7 Å². The van der Waals surface area contributed by atoms with Crippen molar-refractivity contribution in [2.75, 3.05) is 54.9 Å². The third-order valence-electron chi connectivity index (χ3n) is 21.5. The number of carbonyl (C=O) groups is 8. The fourth-order valence-electron chi connectivity index (χ4n) is 13.9. The highest BCUT2D eigenvalue weighted by atomic mass is 35.5. The molecule has 0 aliphatic carbocycles. The lowest BCUT2D eigenvalue weighted by Crippen LogP contribution is -2.25. The number of Topliss-reactive ketones (excluding diaryl/α,β-unsaturated/α-hetero) is 4. The number of ether oxygens (including phenoxy) is 1. The minimum atomic E-state index is -0.948. The van der Waals surface area contributed by atoms with Gasteiger partial charge >= 0.3 is 0 Å². The average molecular weight is 1790 g/mol. The zero-order chi connectivity index (χ0) is 92.6. The summed E-state index contributed by atoms with van der Waals surface area (Å²) >= 11 is 19.1. The van der Waals surface area contributed by atoms with Crippen LogP contribution in [0.5, 0.6) is 5.75 Å². The summed E-state index contributed by atoms with van der Waals surface area (Å²) in [7, 11) is 7.95. The molecule has 0 spiro atoms. The molecule has 0 saturated heterocycles. The number of aryl methyl sites for hydroxylation is 8. The maximum Gasteiger partial charge on any atom is 0.226 e. The second-order valence-corrected chi connectivity index (χ2v) is 31.1. The number of amides is 4. The van der Waals surface area contributed by atoms with Crippen molar-refractivity contribution < 1.29 is 69.4 Å². The van der Waals surface area contributed by atoms with Crippen LogP contribution in [0.1, 0.15) is 166 Å². The number of hydrogen-bond acceptors (Lipinski definition) is 13. The predicted octanol–water partition coefficient (Wildman–Crippen LogP) is 23.8. The first kappa shape index (κ1) is 98.0. The molecular weight excluding hydrogens is 1690 g/mol. The van der Waals surface area contributed by atoms with Crippen molar-refractivity contribution >= 4 is 104 Å². The number of carbonyl (C=O) groups excluding carboxylic acids is 8. The Balaban J connectivity index is 0.000000191. The lowest BCUT2D eigenvalue weighted by Gasteiger charge is -2.18. The van der Waals surface area contributed by atoms with Gasteiger partial charge in [0.25, 0.3) is 0 Å². The molecule has 4 aromatic heterocycles. The molecule has 12 aromatic rings. The van der Waals surface area contributed by atoms with E-state index >= 15 is 0 Å². The molecule has 26 heteroatoms. The topological polar surface area (TPSA) is 210 Å². The van der Waals surface area contributed by atoms with Crippen molar-refractivity contribution in [2.24, 2.45) is 0 Å². The molecule has 0 bridgehead atoms. The average Bonchev–Trinajstić information content (AvgIpc) is 0.812. The third kappa shape index (κ3) is 25.9. The Labute approximate surface area is 750 Å². The Kier molecular flexibility index (Phi) is 35.4. The number of rotatable bonds is 29. The van der Waals surface area contributed by atoms with Crippen molar-refractivity contribution in [1.82, 2.24) is 19.9 Å². The van der Waals surface area contributed by atoms with Gasteiger partial charge < -0.3 is 24.3 Å². The van der Waals surface area contributed by atoms with Crippen LogP contribution in [0, 0.1) is 63.0 Å². The molecular formula is C101H97Cl3F6N8O9. The van der Waals surface area contributed by atoms with Gasteiger partial charge in [0, 0.05) is 136 Å². The van der Waals surface area contributed by atoms with Crippen LogP contribution in [0.4, 0.5) is 49.1 Å². The number of methoxy groups -OCH3 is 1. The minimum absolute atomic E-state index is 0.0373. The molecule has 4 heterocycles. The van der Waals surface area contributed by atoms with E-state index in [2.05, 4.69) is 19.9 Å². The van der Waals surface area contributed by atoms with Crippen LogP contribution in [0.2, 0.25) is 15.1 Å². The Hall–Kier alpha value is -12.8. The summed E-state index contributed by atoms with van der Waals surface area (Å²) in [5, 5.41) is 0.770. The molecule has 0 N–H and O–H groups in total. The van der Waals surface area contributed by atoms with Gasteiger partial charge in [0.05, 0.1) is 44.8 Å². The summed E-state index contributed by atoms with van der Waals surface area (Å²) in [4.78, 5) is 119. The molecule has 8 aromatic carbocycles. The Morgan fingerprint density at radius 1 is 0.339 bits per heavy atom. The van der Waals surface area contributed by atoms with Gasteiger partial charge in [0.1, 0.15) is 23.2 Å². The first-order valence-electron chi connectivity index (χ1n) is 41.1. The van der Waals surface area contributed by atoms with Gasteiger partial charge in [-0.25, -0.2) is 18.2 Å². The van der Waals surface area contributed by atoms with E-state index in [4.69, 9.17) is 39.5 Å². The van der Waals surface area contributed by atoms with Gasteiger partial charge in [-0.2, -0.15) is 18.2 Å². The van der Waals surface area contributed by atoms with Gasteiger partial charge in [-0.15, -0.1) is 0 Å². The van der Waals surface area contributed by atoms with Crippen LogP contribution >= 0.6 is 34.8 Å². The number of pyridine rings is 4. The van der Waals surface area contributed by atoms with Gasteiger partial charge in [0.2, 0.25) is 41.5 Å². The van der Waals surface area contributed by atoms with Gasteiger partial charge in [-0.1, -0.05) is 135 Å². The number of anilines is 4. The van der Waals surface area contributed by atoms with Crippen molar-refractivity contribution in [3.05, 3.63) is 324 Å². The number of aromatic nitrogens is 4. The molecule has 0 unspecified atom stereocenters. The summed E-state index contributed by atoms with van der Waals surface area (Å²) in [6.45, 7) is 14.5. The first-order chi connectivity index (χ1) is 60.6. The van der Waals surface area contributed by atoms with Crippen LogP contribution < -0.4 is 24.3 Å². The fraction of sp³-hybridized carbons (Fsp3) is 0.248. The zero-order valence-electron chi connectivity index (χ0n) is 72.8. The lowest BCUT2D eigenvalue weighted by molar-refractivity contribution is -0.118. The van der Waals surface area contributed by atoms with Gasteiger partial charge in [-0.05, 0) is 242 Å². The molecule has 127 heavy (non-hydrogen) atoms. The normalized spacial score (nSPS) is 10.8. The van der Waals surface area contributed by atoms with Crippen LogP contribution in [0.25, 0.3) is 44.5 Å². The molecule has 0 radical (unpaired) electrons. The molecule has 0 atom stereocenters. The van der Waals surface area contributed by atoms with E-state index in [9.17, 15) is 64.7 Å². The molecule has 0 fully saturated rings. The number of hydrogen-bond donors (Lipinski definition) is 0. The van der Waals surface area contributed by atoms with Gasteiger partial charge in [-0.3, -0.25) is 48.3 Å². The fourth-order valence-corrected chi connectivity index (χ4v) is 14.7. The number of ketones is 4. The molecule has 12 rings (SSSR count). The minimum Gasteiger partial charge on any atom is -0.496 e. The monoisotopic (exact) mass is 1780 g/mol. The Morgan fingerprint density at radius 3 is 1.02 bits per heavy atom. The van der Waals surface area contributed by atoms with E-state index in [0.29, 0.717) is 111 Å². The molecule has 0 aliphatic rings.